The van der Waals surface area contributed by atoms with Crippen LogP contribution in [0.4, 0.5) is 0 Å². The van der Waals surface area contributed by atoms with Crippen LogP contribution >= 0.6 is 0 Å². The van der Waals surface area contributed by atoms with Crippen LogP contribution in [0.5, 0.6) is 17.2 Å². The third-order valence-corrected chi connectivity index (χ3v) is 6.85. The number of β-amino-alcohol motifs (C(OH)–C–C–N with tert-alkyl or cyclic N) is 1. The van der Waals surface area contributed by atoms with Crippen molar-refractivity contribution < 1.29 is 19.3 Å². The summed E-state index contributed by atoms with van der Waals surface area (Å²) in [6.07, 6.45) is 0.251. The van der Waals surface area contributed by atoms with Crippen molar-refractivity contribution in [1.82, 2.24) is 9.88 Å². The molecule has 1 aromatic heterocycles. The predicted octanol–water partition coefficient (Wildman–Crippen LogP) is 4.96. The van der Waals surface area contributed by atoms with Crippen LogP contribution < -0.4 is 14.2 Å². The number of aliphatic hydroxyl groups is 1. The van der Waals surface area contributed by atoms with Crippen LogP contribution in [0.3, 0.4) is 0 Å². The maximum atomic E-state index is 11.0. The van der Waals surface area contributed by atoms with E-state index in [-0.39, 0.29) is 18.7 Å². The number of ether oxygens (including phenoxy) is 3. The van der Waals surface area contributed by atoms with E-state index in [1.54, 1.807) is 14.2 Å². The van der Waals surface area contributed by atoms with Gasteiger partial charge in [-0.3, -0.25) is 4.90 Å². The molecule has 2 heterocycles. The van der Waals surface area contributed by atoms with E-state index in [1.165, 1.54) is 10.9 Å². The number of para-hydroxylation sites is 2. The molecule has 6 heteroatoms. The third-order valence-electron chi connectivity index (χ3n) is 6.85. The lowest BCUT2D eigenvalue weighted by Gasteiger charge is -2.42. The van der Waals surface area contributed by atoms with Gasteiger partial charge in [0, 0.05) is 29.2 Å². The summed E-state index contributed by atoms with van der Waals surface area (Å²) < 4.78 is 17.0. The Kier molecular flexibility index (Phi) is 6.66. The Labute approximate surface area is 206 Å². The first-order valence-corrected chi connectivity index (χ1v) is 12.0. The maximum Gasteiger partial charge on any atom is 0.161 e. The van der Waals surface area contributed by atoms with Crippen LogP contribution in [0, 0.1) is 0 Å². The van der Waals surface area contributed by atoms with E-state index in [2.05, 4.69) is 47.1 Å². The van der Waals surface area contributed by atoms with Crippen molar-refractivity contribution in [2.45, 2.75) is 31.5 Å². The molecule has 35 heavy (non-hydrogen) atoms. The minimum atomic E-state index is -0.647. The number of benzene rings is 3. The number of nitrogens with one attached hydrogen (secondary N) is 1. The highest BCUT2D eigenvalue weighted by atomic mass is 16.5. The fourth-order valence-corrected chi connectivity index (χ4v) is 5.18. The predicted molar refractivity (Wildman–Crippen MR) is 138 cm³/mol. The maximum absolute atomic E-state index is 11.0. The molecule has 3 atom stereocenters. The standard InChI is InChI=1S/C29H32N2O4/c1-19-15-24-23-11-7-8-12-25(23)30-28(24)29(20-13-14-26(33-2)27(16-20)34-3)31(19)17-21(32)18-35-22-9-5-4-6-10-22/h4-14,16,19,21,29-30,32H,15,17-18H2,1-3H3/t19-,21-,29-/m0/s1. The lowest BCUT2D eigenvalue weighted by molar-refractivity contribution is 0.0364. The van der Waals surface area contributed by atoms with Gasteiger partial charge >= 0.3 is 0 Å². The number of rotatable bonds is 8. The molecule has 0 saturated heterocycles. The summed E-state index contributed by atoms with van der Waals surface area (Å²) in [6, 6.07) is 24.3. The third kappa shape index (κ3) is 4.59. The van der Waals surface area contributed by atoms with Crippen LogP contribution in [0.25, 0.3) is 10.9 Å². The normalized spacial score (nSPS) is 18.7. The Hall–Kier alpha value is -3.48. The molecule has 1 aliphatic heterocycles. The molecule has 5 rings (SSSR count). The number of hydrogen-bond donors (Lipinski definition) is 2. The van der Waals surface area contributed by atoms with Gasteiger partial charge in [-0.25, -0.2) is 0 Å². The second-order valence-electron chi connectivity index (χ2n) is 9.11. The molecule has 0 unspecified atom stereocenters. The number of H-pyrrole nitrogens is 1. The lowest BCUT2D eigenvalue weighted by atomic mass is 9.88. The van der Waals surface area contributed by atoms with Gasteiger partial charge in [-0.1, -0.05) is 42.5 Å². The second-order valence-corrected chi connectivity index (χ2v) is 9.11. The lowest BCUT2D eigenvalue weighted by Crippen LogP contribution is -2.47. The summed E-state index contributed by atoms with van der Waals surface area (Å²) in [5.41, 5.74) is 4.70. The minimum absolute atomic E-state index is 0.0765. The number of aromatic amines is 1. The van der Waals surface area contributed by atoms with Crippen LogP contribution in [-0.4, -0.2) is 54.5 Å². The van der Waals surface area contributed by atoms with Gasteiger partial charge in [0.15, 0.2) is 11.5 Å². The highest BCUT2D eigenvalue weighted by Gasteiger charge is 2.37. The molecule has 0 spiro atoms. The van der Waals surface area contributed by atoms with E-state index < -0.39 is 6.10 Å². The average molecular weight is 473 g/mol. The molecule has 3 aromatic carbocycles. The molecule has 1 aliphatic rings. The smallest absolute Gasteiger partial charge is 0.161 e. The fraction of sp³-hybridized carbons (Fsp3) is 0.310. The zero-order chi connectivity index (χ0) is 24.4. The second kappa shape index (κ2) is 10.0. The number of aromatic nitrogens is 1. The van der Waals surface area contributed by atoms with Crippen molar-refractivity contribution in [3.05, 3.63) is 89.6 Å². The van der Waals surface area contributed by atoms with Crippen LogP contribution in [0.1, 0.15) is 29.8 Å². The van der Waals surface area contributed by atoms with E-state index in [0.29, 0.717) is 18.0 Å². The molecule has 182 valence electrons. The molecule has 0 aliphatic carbocycles. The summed E-state index contributed by atoms with van der Waals surface area (Å²) in [5, 5.41) is 12.3. The first-order chi connectivity index (χ1) is 17.1. The summed E-state index contributed by atoms with van der Waals surface area (Å²) >= 11 is 0. The minimum Gasteiger partial charge on any atom is -0.493 e. The fourth-order valence-electron chi connectivity index (χ4n) is 5.18. The number of nitrogens with zero attached hydrogens (tertiary/aromatic N) is 1. The van der Waals surface area contributed by atoms with E-state index in [0.717, 1.165) is 28.9 Å². The highest BCUT2D eigenvalue weighted by molar-refractivity contribution is 5.85. The largest absolute Gasteiger partial charge is 0.493 e. The van der Waals surface area contributed by atoms with Gasteiger partial charge in [-0.2, -0.15) is 0 Å². The molecule has 4 aromatic rings. The molecular formula is C29H32N2O4. The van der Waals surface area contributed by atoms with Crippen molar-refractivity contribution >= 4 is 10.9 Å². The molecule has 0 bridgehead atoms. The molecule has 0 fully saturated rings. The van der Waals surface area contributed by atoms with Crippen LogP contribution in [-0.2, 0) is 6.42 Å². The number of aliphatic hydroxyl groups excluding tert-OH is 1. The van der Waals surface area contributed by atoms with Gasteiger partial charge in [0.1, 0.15) is 18.5 Å². The van der Waals surface area contributed by atoms with E-state index >= 15 is 0 Å². The number of methoxy groups -OCH3 is 2. The Morgan fingerprint density at radius 2 is 1.71 bits per heavy atom. The van der Waals surface area contributed by atoms with Gasteiger partial charge in [0.05, 0.1) is 20.3 Å². The van der Waals surface area contributed by atoms with E-state index in [4.69, 9.17) is 14.2 Å². The van der Waals surface area contributed by atoms with Crippen molar-refractivity contribution in [1.29, 1.82) is 0 Å². The molecule has 6 nitrogen and oxygen atoms in total. The zero-order valence-electron chi connectivity index (χ0n) is 20.4. The molecular weight excluding hydrogens is 440 g/mol. The van der Waals surface area contributed by atoms with Gasteiger partial charge in [0.25, 0.3) is 0 Å². The Morgan fingerprint density at radius 1 is 0.971 bits per heavy atom. The first-order valence-electron chi connectivity index (χ1n) is 12.0. The van der Waals surface area contributed by atoms with Crippen molar-refractivity contribution in [2.75, 3.05) is 27.4 Å². The zero-order valence-corrected chi connectivity index (χ0v) is 20.4. The quantitative estimate of drug-likeness (QED) is 0.379. The monoisotopic (exact) mass is 472 g/mol. The van der Waals surface area contributed by atoms with Gasteiger partial charge in [0.2, 0.25) is 0 Å². The summed E-state index contributed by atoms with van der Waals surface area (Å²) in [6.45, 7) is 2.93. The highest BCUT2D eigenvalue weighted by Crippen LogP contribution is 2.42. The van der Waals surface area contributed by atoms with Crippen molar-refractivity contribution in [3.63, 3.8) is 0 Å². The van der Waals surface area contributed by atoms with E-state index in [1.807, 2.05) is 42.5 Å². The number of hydrogen-bond acceptors (Lipinski definition) is 5. The van der Waals surface area contributed by atoms with Gasteiger partial charge < -0.3 is 24.3 Å². The summed E-state index contributed by atoms with van der Waals surface area (Å²) in [4.78, 5) is 6.04. The summed E-state index contributed by atoms with van der Waals surface area (Å²) in [5.74, 6) is 2.14. The first kappa shape index (κ1) is 23.3. The van der Waals surface area contributed by atoms with Gasteiger partial charge in [-0.05, 0) is 54.8 Å². The molecule has 2 N–H and O–H groups in total. The number of fused-ring (bicyclic) bond motifs is 3. The van der Waals surface area contributed by atoms with Crippen LogP contribution in [0.15, 0.2) is 72.8 Å². The topological polar surface area (TPSA) is 67.0 Å². The van der Waals surface area contributed by atoms with E-state index in [9.17, 15) is 5.11 Å². The molecule has 0 saturated carbocycles. The van der Waals surface area contributed by atoms with Crippen molar-refractivity contribution in [2.24, 2.45) is 0 Å². The SMILES string of the molecule is COc1ccc([C@H]2c3[nH]c4ccccc4c3C[C@H](C)N2C[C@H](O)COc2ccccc2)cc1OC. The Bertz CT molecular complexity index is 1290. The Balaban J connectivity index is 1.51. The summed E-state index contributed by atoms with van der Waals surface area (Å²) in [7, 11) is 3.30. The Morgan fingerprint density at radius 3 is 2.49 bits per heavy atom. The van der Waals surface area contributed by atoms with Gasteiger partial charge in [-0.15, -0.1) is 0 Å². The molecule has 0 radical (unpaired) electrons. The average Bonchev–Trinajstić information content (AvgIpc) is 3.26. The van der Waals surface area contributed by atoms with Crippen LogP contribution in [0.2, 0.25) is 0 Å². The molecule has 0 amide bonds. The van der Waals surface area contributed by atoms with Crippen molar-refractivity contribution in [3.8, 4) is 17.2 Å².